The molecule has 202 valence electrons. The molecule has 0 spiro atoms. The van der Waals surface area contributed by atoms with E-state index in [1.165, 1.54) is 11.7 Å². The number of nitrogens with one attached hydrogen (secondary N) is 3. The number of imidazole rings is 1. The molecule has 4 rings (SSSR count). The minimum Gasteiger partial charge on any atom is -0.356 e. The number of nitrogens with two attached hydrogens (primary N) is 2. The highest BCUT2D eigenvalue weighted by Crippen LogP contribution is 2.25. The molecule has 0 aliphatic carbocycles. The van der Waals surface area contributed by atoms with Crippen molar-refractivity contribution in [2.75, 3.05) is 32.7 Å². The van der Waals surface area contributed by atoms with Crippen LogP contribution < -0.4 is 22.1 Å². The van der Waals surface area contributed by atoms with Crippen LogP contribution in [0.1, 0.15) is 24.1 Å². The quantitative estimate of drug-likeness (QED) is 0.222. The summed E-state index contributed by atoms with van der Waals surface area (Å²) in [6.07, 6.45) is 5.68. The van der Waals surface area contributed by atoms with Crippen molar-refractivity contribution in [3.63, 3.8) is 0 Å². The first kappa shape index (κ1) is 27.3. The number of H-pyrrole nitrogens is 1. The Morgan fingerprint density at radius 2 is 1.71 bits per heavy atom. The zero-order chi connectivity index (χ0) is 26.9. The lowest BCUT2D eigenvalue weighted by Gasteiger charge is -2.20. The highest BCUT2D eigenvalue weighted by atomic mass is 16.2. The molecule has 0 unspecified atom stereocenters. The molecule has 10 heteroatoms. The molecular weight excluding hydrogens is 482 g/mol. The van der Waals surface area contributed by atoms with Crippen LogP contribution in [0.5, 0.6) is 0 Å². The minimum atomic E-state index is -0.793. The number of aromatic amines is 1. The van der Waals surface area contributed by atoms with E-state index in [9.17, 15) is 14.4 Å². The second-order valence-corrected chi connectivity index (χ2v) is 9.85. The summed E-state index contributed by atoms with van der Waals surface area (Å²) in [5.41, 5.74) is 13.6. The van der Waals surface area contributed by atoms with E-state index in [2.05, 4.69) is 50.9 Å². The normalized spacial score (nSPS) is 17.9. The lowest BCUT2D eigenvalue weighted by molar-refractivity contribution is -0.132. The number of rotatable bonds is 12. The first-order chi connectivity index (χ1) is 18.5. The predicted molar refractivity (Wildman–Crippen MR) is 146 cm³/mol. The Bertz CT molecular complexity index is 1230. The molecule has 10 nitrogen and oxygen atoms in total. The van der Waals surface area contributed by atoms with Gasteiger partial charge in [0, 0.05) is 44.5 Å². The van der Waals surface area contributed by atoms with E-state index in [0.717, 1.165) is 29.5 Å². The Hall–Kier alpha value is -3.76. The van der Waals surface area contributed by atoms with Crippen LogP contribution in [-0.2, 0) is 27.2 Å². The molecule has 2 heterocycles. The van der Waals surface area contributed by atoms with Crippen molar-refractivity contribution in [3.8, 4) is 0 Å². The second kappa shape index (κ2) is 13.2. The zero-order valence-electron chi connectivity index (χ0n) is 21.6. The summed E-state index contributed by atoms with van der Waals surface area (Å²) in [6.45, 7) is 1.78. The summed E-state index contributed by atoms with van der Waals surface area (Å²) < 4.78 is 0. The predicted octanol–water partition coefficient (Wildman–Crippen LogP) is 0.721. The molecule has 3 atom stereocenters. The lowest BCUT2D eigenvalue weighted by atomic mass is 9.94. The zero-order valence-corrected chi connectivity index (χ0v) is 21.6. The molecule has 3 amide bonds. The number of hydrogen-bond donors (Lipinski definition) is 5. The van der Waals surface area contributed by atoms with E-state index in [0.29, 0.717) is 32.5 Å². The Balaban J connectivity index is 1.37. The fourth-order valence-electron chi connectivity index (χ4n) is 4.94. The van der Waals surface area contributed by atoms with Crippen molar-refractivity contribution >= 4 is 28.5 Å². The van der Waals surface area contributed by atoms with E-state index >= 15 is 0 Å². The van der Waals surface area contributed by atoms with Gasteiger partial charge >= 0.3 is 0 Å². The van der Waals surface area contributed by atoms with Gasteiger partial charge in [0.15, 0.2) is 0 Å². The topological polar surface area (TPSA) is 159 Å². The molecule has 2 aromatic carbocycles. The molecule has 3 aromatic rings. The van der Waals surface area contributed by atoms with E-state index in [4.69, 9.17) is 11.5 Å². The van der Waals surface area contributed by atoms with Gasteiger partial charge in [-0.2, -0.15) is 0 Å². The van der Waals surface area contributed by atoms with E-state index in [1.54, 1.807) is 11.1 Å². The first-order valence-electron chi connectivity index (χ1n) is 13.2. The minimum absolute atomic E-state index is 0.151. The number of carbonyl (C=O) groups is 3. The fraction of sp³-hybridized carbons (Fsp3) is 0.429. The van der Waals surface area contributed by atoms with E-state index < -0.39 is 17.9 Å². The molecule has 7 N–H and O–H groups in total. The van der Waals surface area contributed by atoms with Crippen molar-refractivity contribution in [1.29, 1.82) is 0 Å². The van der Waals surface area contributed by atoms with Crippen LogP contribution in [0.25, 0.3) is 10.8 Å². The van der Waals surface area contributed by atoms with Gasteiger partial charge in [0.1, 0.15) is 0 Å². The summed E-state index contributed by atoms with van der Waals surface area (Å²) >= 11 is 0. The van der Waals surface area contributed by atoms with Crippen LogP contribution in [-0.4, -0.2) is 71.4 Å². The van der Waals surface area contributed by atoms with Crippen LogP contribution in [0.15, 0.2) is 55.0 Å². The van der Waals surface area contributed by atoms with Crippen LogP contribution in [0, 0.1) is 11.8 Å². The SMILES string of the molecule is NCCCCNC(=O)[C@@H]1CN(C(=O)[C@@H](N)Cc2cnc[nH]2)C[C@H]1C(=O)NCCc1ccc2ccccc2c1. The number of carbonyl (C=O) groups excluding carboxylic acids is 3. The number of aromatic nitrogens is 2. The fourth-order valence-corrected chi connectivity index (χ4v) is 4.94. The van der Waals surface area contributed by atoms with E-state index in [1.807, 2.05) is 12.1 Å². The highest BCUT2D eigenvalue weighted by Gasteiger charge is 2.44. The maximum atomic E-state index is 13.2. The highest BCUT2D eigenvalue weighted by molar-refractivity contribution is 5.91. The molecule has 0 radical (unpaired) electrons. The van der Waals surface area contributed by atoms with Crippen molar-refractivity contribution < 1.29 is 14.4 Å². The van der Waals surface area contributed by atoms with Gasteiger partial charge in [-0.15, -0.1) is 0 Å². The number of benzene rings is 2. The van der Waals surface area contributed by atoms with Gasteiger partial charge in [-0.25, -0.2) is 4.98 Å². The Labute approximate surface area is 222 Å². The summed E-state index contributed by atoms with van der Waals surface area (Å²) in [5.74, 6) is -2.03. The molecule has 38 heavy (non-hydrogen) atoms. The van der Waals surface area contributed by atoms with Crippen LogP contribution in [0.3, 0.4) is 0 Å². The van der Waals surface area contributed by atoms with Crippen molar-refractivity contribution in [3.05, 3.63) is 66.2 Å². The largest absolute Gasteiger partial charge is 0.356 e. The third-order valence-electron chi connectivity index (χ3n) is 7.07. The monoisotopic (exact) mass is 519 g/mol. The van der Waals surface area contributed by atoms with Gasteiger partial charge in [-0.1, -0.05) is 42.5 Å². The third-order valence-corrected chi connectivity index (χ3v) is 7.07. The van der Waals surface area contributed by atoms with Crippen molar-refractivity contribution in [2.24, 2.45) is 23.3 Å². The Morgan fingerprint density at radius 3 is 2.39 bits per heavy atom. The number of likely N-dealkylation sites (tertiary alicyclic amines) is 1. The molecule has 0 bridgehead atoms. The van der Waals surface area contributed by atoms with Crippen LogP contribution in [0.4, 0.5) is 0 Å². The van der Waals surface area contributed by atoms with Gasteiger partial charge < -0.3 is 32.0 Å². The molecule has 1 aromatic heterocycles. The second-order valence-electron chi connectivity index (χ2n) is 9.85. The summed E-state index contributed by atoms with van der Waals surface area (Å²) in [5, 5.41) is 8.22. The first-order valence-corrected chi connectivity index (χ1v) is 13.2. The molecule has 1 aliphatic rings. The number of nitrogens with zero attached hydrogens (tertiary/aromatic N) is 2. The summed E-state index contributed by atoms with van der Waals surface area (Å²) in [6, 6.07) is 13.6. The molecule has 1 saturated heterocycles. The average molecular weight is 520 g/mol. The number of fused-ring (bicyclic) bond motifs is 1. The summed E-state index contributed by atoms with van der Waals surface area (Å²) in [4.78, 5) is 47.8. The smallest absolute Gasteiger partial charge is 0.239 e. The number of unbranched alkanes of at least 4 members (excludes halogenated alkanes) is 1. The number of amides is 3. The lowest BCUT2D eigenvalue weighted by Crippen LogP contribution is -2.44. The van der Waals surface area contributed by atoms with E-state index in [-0.39, 0.29) is 30.8 Å². The molecular formula is C28H37N7O3. The van der Waals surface area contributed by atoms with Crippen LogP contribution in [0.2, 0.25) is 0 Å². The molecule has 1 aliphatic heterocycles. The summed E-state index contributed by atoms with van der Waals surface area (Å²) in [7, 11) is 0. The average Bonchev–Trinajstić information content (AvgIpc) is 3.61. The van der Waals surface area contributed by atoms with Gasteiger partial charge in [-0.05, 0) is 42.1 Å². The third kappa shape index (κ3) is 6.96. The molecule has 1 fully saturated rings. The van der Waals surface area contributed by atoms with Crippen LogP contribution >= 0.6 is 0 Å². The Kier molecular flexibility index (Phi) is 9.45. The van der Waals surface area contributed by atoms with Gasteiger partial charge in [-0.3, -0.25) is 14.4 Å². The van der Waals surface area contributed by atoms with Gasteiger partial charge in [0.25, 0.3) is 0 Å². The van der Waals surface area contributed by atoms with Crippen molar-refractivity contribution in [2.45, 2.75) is 31.7 Å². The number of hydrogen-bond acceptors (Lipinski definition) is 6. The maximum Gasteiger partial charge on any atom is 0.239 e. The standard InChI is InChI=1S/C28H37N7O3/c29-10-3-4-11-32-26(36)23-16-35(28(38)25(30)14-22-15-31-18-34-22)17-24(23)27(37)33-12-9-19-7-8-20-5-1-2-6-21(20)13-19/h1-2,5-8,13,15,18,23-25H,3-4,9-12,14,16-17,29-30H2,(H,31,34)(H,32,36)(H,33,37)/t23-,24-,25+/m1/s1. The van der Waals surface area contributed by atoms with Gasteiger partial charge in [0.2, 0.25) is 17.7 Å². The molecule has 0 saturated carbocycles. The van der Waals surface area contributed by atoms with Gasteiger partial charge in [0.05, 0.1) is 24.2 Å². The van der Waals surface area contributed by atoms with Crippen molar-refractivity contribution in [1.82, 2.24) is 25.5 Å². The Morgan fingerprint density at radius 1 is 1.00 bits per heavy atom. The maximum absolute atomic E-state index is 13.2.